The minimum absolute atomic E-state index is 0.0860. The maximum atomic E-state index is 12.2. The van der Waals surface area contributed by atoms with Gasteiger partial charge in [-0.2, -0.15) is 0 Å². The third-order valence-corrected chi connectivity index (χ3v) is 3.71. The monoisotopic (exact) mass is 251 g/mol. The van der Waals surface area contributed by atoms with Crippen molar-refractivity contribution >= 4 is 17.5 Å². The van der Waals surface area contributed by atoms with Crippen LogP contribution in [0, 0.1) is 0 Å². The molecule has 0 radical (unpaired) electrons. The molecule has 2 aliphatic heterocycles. The number of hydrogen-bond acceptors (Lipinski definition) is 2. The van der Waals surface area contributed by atoms with Gasteiger partial charge in [-0.15, -0.1) is 11.6 Å². The van der Waals surface area contributed by atoms with Crippen LogP contribution in [0.5, 0.6) is 5.75 Å². The second kappa shape index (κ2) is 4.22. The molecule has 17 heavy (non-hydrogen) atoms. The normalized spacial score (nSPS) is 22.4. The molecular formula is C13H14ClNO2. The van der Waals surface area contributed by atoms with E-state index in [1.54, 1.807) is 0 Å². The molecule has 0 aromatic heterocycles. The van der Waals surface area contributed by atoms with E-state index in [0.717, 1.165) is 42.9 Å². The summed E-state index contributed by atoms with van der Waals surface area (Å²) in [4.78, 5) is 14.0. The fourth-order valence-electron chi connectivity index (χ4n) is 2.40. The van der Waals surface area contributed by atoms with Gasteiger partial charge in [0, 0.05) is 25.1 Å². The number of halogens is 1. The maximum absolute atomic E-state index is 12.2. The van der Waals surface area contributed by atoms with Gasteiger partial charge in [0.25, 0.3) is 5.91 Å². The first-order valence-electron chi connectivity index (χ1n) is 5.93. The van der Waals surface area contributed by atoms with Crippen LogP contribution in [0.25, 0.3) is 0 Å². The molecule has 4 heteroatoms. The Balaban J connectivity index is 1.82. The van der Waals surface area contributed by atoms with Crippen molar-refractivity contribution in [1.29, 1.82) is 0 Å². The molecule has 0 saturated carbocycles. The van der Waals surface area contributed by atoms with Gasteiger partial charge in [-0.3, -0.25) is 4.79 Å². The minimum Gasteiger partial charge on any atom is -0.493 e. The number of rotatable bonds is 1. The van der Waals surface area contributed by atoms with E-state index in [1.807, 2.05) is 23.1 Å². The summed E-state index contributed by atoms with van der Waals surface area (Å²) in [6, 6.07) is 5.68. The molecule has 1 amide bonds. The Hall–Kier alpha value is -1.22. The van der Waals surface area contributed by atoms with E-state index in [4.69, 9.17) is 16.3 Å². The number of alkyl halides is 1. The van der Waals surface area contributed by atoms with E-state index in [-0.39, 0.29) is 11.3 Å². The molecule has 2 aliphatic rings. The zero-order valence-electron chi connectivity index (χ0n) is 9.49. The predicted molar refractivity (Wildman–Crippen MR) is 65.8 cm³/mol. The molecule has 0 N–H and O–H groups in total. The molecule has 1 aromatic carbocycles. The van der Waals surface area contributed by atoms with Gasteiger partial charge < -0.3 is 9.64 Å². The molecule has 0 bridgehead atoms. The lowest BCUT2D eigenvalue weighted by Gasteiger charge is -2.15. The average Bonchev–Trinajstić information content (AvgIpc) is 2.95. The lowest BCUT2D eigenvalue weighted by atomic mass is 10.1. The number of carbonyl (C=O) groups is 1. The number of amides is 1. The first kappa shape index (κ1) is 10.9. The van der Waals surface area contributed by atoms with E-state index in [1.165, 1.54) is 0 Å². The molecule has 0 aliphatic carbocycles. The van der Waals surface area contributed by atoms with Gasteiger partial charge in [0.2, 0.25) is 0 Å². The fraction of sp³-hybridized carbons (Fsp3) is 0.462. The highest BCUT2D eigenvalue weighted by Crippen LogP contribution is 2.27. The van der Waals surface area contributed by atoms with Crippen LogP contribution in [0.4, 0.5) is 0 Å². The highest BCUT2D eigenvalue weighted by Gasteiger charge is 2.26. The van der Waals surface area contributed by atoms with Crippen molar-refractivity contribution in [1.82, 2.24) is 4.90 Å². The largest absolute Gasteiger partial charge is 0.493 e. The van der Waals surface area contributed by atoms with Crippen molar-refractivity contribution in [2.45, 2.75) is 18.2 Å². The number of benzene rings is 1. The van der Waals surface area contributed by atoms with Crippen molar-refractivity contribution in [3.8, 4) is 5.75 Å². The predicted octanol–water partition coefficient (Wildman–Crippen LogP) is 2.07. The minimum atomic E-state index is 0.0860. The zero-order valence-corrected chi connectivity index (χ0v) is 10.2. The summed E-state index contributed by atoms with van der Waals surface area (Å²) in [6.07, 6.45) is 1.79. The van der Waals surface area contributed by atoms with Crippen molar-refractivity contribution < 1.29 is 9.53 Å². The maximum Gasteiger partial charge on any atom is 0.253 e. The summed E-state index contributed by atoms with van der Waals surface area (Å²) >= 11 is 6.02. The summed E-state index contributed by atoms with van der Waals surface area (Å²) in [6.45, 7) is 2.15. The Kier molecular flexibility index (Phi) is 2.71. The van der Waals surface area contributed by atoms with Gasteiger partial charge in [0.05, 0.1) is 12.0 Å². The summed E-state index contributed by atoms with van der Waals surface area (Å²) in [5.74, 6) is 1.00. The van der Waals surface area contributed by atoms with Crippen LogP contribution in [0.15, 0.2) is 18.2 Å². The summed E-state index contributed by atoms with van der Waals surface area (Å²) < 4.78 is 5.43. The van der Waals surface area contributed by atoms with Gasteiger partial charge >= 0.3 is 0 Å². The van der Waals surface area contributed by atoms with Gasteiger partial charge in [0.1, 0.15) is 5.75 Å². The van der Waals surface area contributed by atoms with Gasteiger partial charge in [-0.05, 0) is 30.2 Å². The lowest BCUT2D eigenvalue weighted by molar-refractivity contribution is 0.0793. The van der Waals surface area contributed by atoms with Crippen LogP contribution < -0.4 is 4.74 Å². The van der Waals surface area contributed by atoms with E-state index in [0.29, 0.717) is 6.54 Å². The Labute approximate surface area is 105 Å². The Bertz CT molecular complexity index is 461. The topological polar surface area (TPSA) is 29.5 Å². The van der Waals surface area contributed by atoms with Gasteiger partial charge in [-0.25, -0.2) is 0 Å². The SMILES string of the molecule is O=C(c1ccc2c(c1)CCO2)N1CCC(Cl)C1. The molecule has 1 saturated heterocycles. The third-order valence-electron chi connectivity index (χ3n) is 3.35. The molecule has 1 unspecified atom stereocenters. The van der Waals surface area contributed by atoms with E-state index in [9.17, 15) is 4.79 Å². The van der Waals surface area contributed by atoms with Crippen molar-refractivity contribution in [2.24, 2.45) is 0 Å². The van der Waals surface area contributed by atoms with Crippen LogP contribution in [0.2, 0.25) is 0 Å². The Morgan fingerprint density at radius 3 is 3.12 bits per heavy atom. The van der Waals surface area contributed by atoms with Gasteiger partial charge in [-0.1, -0.05) is 0 Å². The number of fused-ring (bicyclic) bond motifs is 1. The van der Waals surface area contributed by atoms with Crippen LogP contribution in [0.3, 0.4) is 0 Å². The van der Waals surface area contributed by atoms with Crippen LogP contribution in [-0.2, 0) is 6.42 Å². The van der Waals surface area contributed by atoms with E-state index >= 15 is 0 Å². The van der Waals surface area contributed by atoms with E-state index in [2.05, 4.69) is 0 Å². The molecule has 3 rings (SSSR count). The second-order valence-corrected chi connectivity index (χ2v) is 5.18. The second-order valence-electron chi connectivity index (χ2n) is 4.56. The molecule has 3 nitrogen and oxygen atoms in total. The third kappa shape index (κ3) is 2.00. The van der Waals surface area contributed by atoms with Crippen molar-refractivity contribution in [2.75, 3.05) is 19.7 Å². The number of hydrogen-bond donors (Lipinski definition) is 0. The molecule has 90 valence electrons. The molecule has 1 atom stereocenters. The fourth-order valence-corrected chi connectivity index (χ4v) is 2.67. The Morgan fingerprint density at radius 2 is 2.35 bits per heavy atom. The molecule has 1 fully saturated rings. The first-order chi connectivity index (χ1) is 8.24. The average molecular weight is 252 g/mol. The molecule has 0 spiro atoms. The smallest absolute Gasteiger partial charge is 0.253 e. The number of ether oxygens (including phenoxy) is 1. The molecular weight excluding hydrogens is 238 g/mol. The molecule has 1 aromatic rings. The number of nitrogens with zero attached hydrogens (tertiary/aromatic N) is 1. The van der Waals surface area contributed by atoms with Crippen LogP contribution in [-0.4, -0.2) is 35.9 Å². The quantitative estimate of drug-likeness (QED) is 0.716. The first-order valence-corrected chi connectivity index (χ1v) is 6.37. The summed E-state index contributed by atoms with van der Waals surface area (Å²) in [5.41, 5.74) is 1.89. The highest BCUT2D eigenvalue weighted by atomic mass is 35.5. The number of carbonyl (C=O) groups excluding carboxylic acids is 1. The molecule has 2 heterocycles. The van der Waals surface area contributed by atoms with Gasteiger partial charge in [0.15, 0.2) is 0 Å². The standard InChI is InChI=1S/C13H14ClNO2/c14-11-3-5-15(8-11)13(16)10-1-2-12-9(7-10)4-6-17-12/h1-2,7,11H,3-6,8H2. The summed E-state index contributed by atoms with van der Waals surface area (Å²) in [7, 11) is 0. The highest BCUT2D eigenvalue weighted by molar-refractivity contribution is 6.21. The summed E-state index contributed by atoms with van der Waals surface area (Å²) in [5, 5.41) is 0.108. The van der Waals surface area contributed by atoms with E-state index < -0.39 is 0 Å². The van der Waals surface area contributed by atoms with Crippen LogP contribution >= 0.6 is 11.6 Å². The zero-order chi connectivity index (χ0) is 11.8. The Morgan fingerprint density at radius 1 is 1.47 bits per heavy atom. The lowest BCUT2D eigenvalue weighted by Crippen LogP contribution is -2.28. The van der Waals surface area contributed by atoms with Crippen LogP contribution in [0.1, 0.15) is 22.3 Å². The van der Waals surface area contributed by atoms with Crippen molar-refractivity contribution in [3.63, 3.8) is 0 Å². The number of likely N-dealkylation sites (tertiary alicyclic amines) is 1. The van der Waals surface area contributed by atoms with Crippen molar-refractivity contribution in [3.05, 3.63) is 29.3 Å².